The van der Waals surface area contributed by atoms with Gasteiger partial charge in [-0.15, -0.1) is 24.0 Å². The first-order chi connectivity index (χ1) is 13.4. The highest BCUT2D eigenvalue weighted by molar-refractivity contribution is 14.0. The molecule has 2 heterocycles. The van der Waals surface area contributed by atoms with Crippen molar-refractivity contribution >= 4 is 40.0 Å². The normalized spacial score (nSPS) is 23.7. The smallest absolute Gasteiger partial charge is 0.211 e. The highest BCUT2D eigenvalue weighted by atomic mass is 127. The van der Waals surface area contributed by atoms with E-state index in [9.17, 15) is 8.42 Å². The van der Waals surface area contributed by atoms with E-state index in [1.807, 2.05) is 6.07 Å². The predicted octanol–water partition coefficient (Wildman–Crippen LogP) is 2.23. The zero-order valence-electron chi connectivity index (χ0n) is 17.5. The molecule has 2 atom stereocenters. The number of hydrogen-bond donors (Lipinski definition) is 1. The highest BCUT2D eigenvalue weighted by Gasteiger charge is 2.29. The molecule has 2 fully saturated rings. The van der Waals surface area contributed by atoms with Gasteiger partial charge in [-0.2, -0.15) is 0 Å². The standard InChI is InChI=1S/C20H32N4O3S.HI/c1-4-21-20(22-13-17-9-10-24(14-17)28(3,25)26)23-11-12-27-19(15-23)18-8-6-5-7-16(18)2;/h5-8,17,19H,4,9-15H2,1-3H3,(H,21,22);1H. The predicted molar refractivity (Wildman–Crippen MR) is 127 cm³/mol. The van der Waals surface area contributed by atoms with Crippen LogP contribution >= 0.6 is 24.0 Å². The van der Waals surface area contributed by atoms with E-state index in [1.54, 1.807) is 4.31 Å². The van der Waals surface area contributed by atoms with E-state index in [0.29, 0.717) is 26.2 Å². The largest absolute Gasteiger partial charge is 0.370 e. The third-order valence-corrected chi connectivity index (χ3v) is 6.72. The second-order valence-corrected chi connectivity index (χ2v) is 9.61. The Bertz CT molecular complexity index is 803. The maximum atomic E-state index is 11.7. The highest BCUT2D eigenvalue weighted by Crippen LogP contribution is 2.25. The lowest BCUT2D eigenvalue weighted by molar-refractivity contribution is -0.00834. The molecule has 0 amide bonds. The summed E-state index contributed by atoms with van der Waals surface area (Å²) < 4.78 is 31.0. The first-order valence-corrected chi connectivity index (χ1v) is 11.9. The second kappa shape index (κ2) is 10.9. The fourth-order valence-corrected chi connectivity index (χ4v) is 4.79. The summed E-state index contributed by atoms with van der Waals surface area (Å²) in [5, 5.41) is 3.39. The second-order valence-electron chi connectivity index (χ2n) is 7.63. The Kier molecular flexibility index (Phi) is 9.17. The fraction of sp³-hybridized carbons (Fsp3) is 0.650. The third kappa shape index (κ3) is 6.53. The number of hydrogen-bond acceptors (Lipinski definition) is 4. The van der Waals surface area contributed by atoms with E-state index in [4.69, 9.17) is 9.73 Å². The number of nitrogens with zero attached hydrogens (tertiary/aromatic N) is 3. The van der Waals surface area contributed by atoms with E-state index < -0.39 is 10.0 Å². The van der Waals surface area contributed by atoms with Gasteiger partial charge in [-0.1, -0.05) is 24.3 Å². The Morgan fingerprint density at radius 3 is 2.69 bits per heavy atom. The zero-order chi connectivity index (χ0) is 20.1. The van der Waals surface area contributed by atoms with Gasteiger partial charge >= 0.3 is 0 Å². The number of nitrogens with one attached hydrogen (secondary N) is 1. The van der Waals surface area contributed by atoms with Crippen molar-refractivity contribution in [3.8, 4) is 0 Å². The minimum absolute atomic E-state index is 0. The molecule has 0 radical (unpaired) electrons. The Balaban J connectivity index is 0.00000300. The molecule has 1 N–H and O–H groups in total. The molecule has 9 heteroatoms. The lowest BCUT2D eigenvalue weighted by atomic mass is 10.0. The first-order valence-electron chi connectivity index (χ1n) is 10.0. The number of morpholine rings is 1. The molecule has 0 saturated carbocycles. The van der Waals surface area contributed by atoms with Crippen LogP contribution in [0.3, 0.4) is 0 Å². The minimum atomic E-state index is -3.10. The maximum Gasteiger partial charge on any atom is 0.211 e. The molecule has 2 aliphatic heterocycles. The summed E-state index contributed by atoms with van der Waals surface area (Å²) in [6, 6.07) is 8.35. The molecule has 2 unspecified atom stereocenters. The van der Waals surface area contributed by atoms with Crippen molar-refractivity contribution in [3.05, 3.63) is 35.4 Å². The molecule has 3 rings (SSSR count). The summed E-state index contributed by atoms with van der Waals surface area (Å²) >= 11 is 0. The van der Waals surface area contributed by atoms with Crippen LogP contribution in [-0.4, -0.2) is 75.7 Å². The topological polar surface area (TPSA) is 74.2 Å². The molecule has 7 nitrogen and oxygen atoms in total. The van der Waals surface area contributed by atoms with E-state index in [0.717, 1.165) is 32.0 Å². The first kappa shape index (κ1) is 24.4. The molecule has 164 valence electrons. The molecule has 0 spiro atoms. The van der Waals surface area contributed by atoms with Crippen LogP contribution in [0.1, 0.15) is 30.6 Å². The third-order valence-electron chi connectivity index (χ3n) is 5.45. The van der Waals surface area contributed by atoms with Crippen molar-refractivity contribution in [1.29, 1.82) is 0 Å². The van der Waals surface area contributed by atoms with Gasteiger partial charge in [0.25, 0.3) is 0 Å². The van der Waals surface area contributed by atoms with Gasteiger partial charge in [0.2, 0.25) is 10.0 Å². The van der Waals surface area contributed by atoms with Crippen molar-refractivity contribution in [3.63, 3.8) is 0 Å². The van der Waals surface area contributed by atoms with Gasteiger partial charge in [-0.05, 0) is 37.3 Å². The van der Waals surface area contributed by atoms with Gasteiger partial charge in [-0.3, -0.25) is 4.99 Å². The maximum absolute atomic E-state index is 11.7. The van der Waals surface area contributed by atoms with Gasteiger partial charge in [0, 0.05) is 32.7 Å². The number of ether oxygens (including phenoxy) is 1. The van der Waals surface area contributed by atoms with Crippen LogP contribution in [0.15, 0.2) is 29.3 Å². The number of aryl methyl sites for hydroxylation is 1. The molecule has 0 aliphatic carbocycles. The van der Waals surface area contributed by atoms with Crippen molar-refractivity contribution in [2.45, 2.75) is 26.4 Å². The number of halogens is 1. The summed E-state index contributed by atoms with van der Waals surface area (Å²) in [6.07, 6.45) is 2.18. The van der Waals surface area contributed by atoms with E-state index >= 15 is 0 Å². The Labute approximate surface area is 192 Å². The molecule has 1 aromatic carbocycles. The molecule has 1 aromatic rings. The van der Waals surface area contributed by atoms with E-state index in [1.165, 1.54) is 17.4 Å². The van der Waals surface area contributed by atoms with Crippen LogP contribution in [0, 0.1) is 12.8 Å². The van der Waals surface area contributed by atoms with Crippen molar-refractivity contribution in [2.24, 2.45) is 10.9 Å². The van der Waals surface area contributed by atoms with Crippen LogP contribution in [0.5, 0.6) is 0 Å². The van der Waals surface area contributed by atoms with Gasteiger partial charge in [0.15, 0.2) is 5.96 Å². The van der Waals surface area contributed by atoms with Gasteiger partial charge < -0.3 is 15.0 Å². The van der Waals surface area contributed by atoms with E-state index in [2.05, 4.69) is 42.3 Å². The van der Waals surface area contributed by atoms with Crippen LogP contribution < -0.4 is 5.32 Å². The summed E-state index contributed by atoms with van der Waals surface area (Å²) in [6.45, 7) is 9.01. The monoisotopic (exact) mass is 536 g/mol. The van der Waals surface area contributed by atoms with Crippen molar-refractivity contribution < 1.29 is 13.2 Å². The summed E-state index contributed by atoms with van der Waals surface area (Å²) in [5.41, 5.74) is 2.46. The SMILES string of the molecule is CCNC(=NCC1CCN(S(C)(=O)=O)C1)N1CCOC(c2ccccc2C)C1.I. The number of sulfonamides is 1. The lowest BCUT2D eigenvalue weighted by Crippen LogP contribution is -2.48. The lowest BCUT2D eigenvalue weighted by Gasteiger charge is -2.36. The molecule has 0 bridgehead atoms. The van der Waals surface area contributed by atoms with Crippen LogP contribution in [0.25, 0.3) is 0 Å². The molecule has 2 saturated heterocycles. The Hall–Kier alpha value is -0.910. The quantitative estimate of drug-likeness (QED) is 0.355. The van der Waals surface area contributed by atoms with Gasteiger partial charge in [0.05, 0.1) is 19.4 Å². The molecule has 2 aliphatic rings. The molecule has 0 aromatic heterocycles. The van der Waals surface area contributed by atoms with Crippen LogP contribution in [-0.2, 0) is 14.8 Å². The average Bonchev–Trinajstić information content (AvgIpc) is 3.15. The Morgan fingerprint density at radius 2 is 2.03 bits per heavy atom. The average molecular weight is 536 g/mol. The number of aliphatic imine (C=N–C) groups is 1. The number of guanidine groups is 1. The zero-order valence-corrected chi connectivity index (χ0v) is 20.7. The molecule has 29 heavy (non-hydrogen) atoms. The Morgan fingerprint density at radius 1 is 1.28 bits per heavy atom. The van der Waals surface area contributed by atoms with Gasteiger partial charge in [-0.25, -0.2) is 12.7 Å². The van der Waals surface area contributed by atoms with Gasteiger partial charge in [0.1, 0.15) is 6.10 Å². The van der Waals surface area contributed by atoms with Crippen LogP contribution in [0.4, 0.5) is 0 Å². The molecular formula is C20H33IN4O3S. The van der Waals surface area contributed by atoms with E-state index in [-0.39, 0.29) is 36.0 Å². The van der Waals surface area contributed by atoms with Crippen molar-refractivity contribution in [2.75, 3.05) is 52.1 Å². The summed E-state index contributed by atoms with van der Waals surface area (Å²) in [7, 11) is -3.10. The summed E-state index contributed by atoms with van der Waals surface area (Å²) in [4.78, 5) is 7.10. The summed E-state index contributed by atoms with van der Waals surface area (Å²) in [5.74, 6) is 1.17. The fourth-order valence-electron chi connectivity index (χ4n) is 3.87. The van der Waals surface area contributed by atoms with Crippen LogP contribution in [0.2, 0.25) is 0 Å². The molecular weight excluding hydrogens is 503 g/mol. The minimum Gasteiger partial charge on any atom is -0.370 e. The number of benzene rings is 1. The van der Waals surface area contributed by atoms with Crippen molar-refractivity contribution in [1.82, 2.24) is 14.5 Å². The number of rotatable bonds is 5.